The van der Waals surface area contributed by atoms with Gasteiger partial charge in [0.05, 0.1) is 11.9 Å². The maximum Gasteiger partial charge on any atom is 0.234 e. The lowest BCUT2D eigenvalue weighted by molar-refractivity contribution is -0.122. The van der Waals surface area contributed by atoms with Gasteiger partial charge >= 0.3 is 0 Å². The molecule has 1 aliphatic heterocycles. The van der Waals surface area contributed by atoms with Crippen molar-refractivity contribution in [3.05, 3.63) is 16.8 Å². The van der Waals surface area contributed by atoms with Crippen LogP contribution < -0.4 is 10.2 Å². The van der Waals surface area contributed by atoms with Crippen molar-refractivity contribution in [1.29, 1.82) is 0 Å². The molecule has 0 bridgehead atoms. The van der Waals surface area contributed by atoms with Gasteiger partial charge in [-0.25, -0.2) is 9.97 Å². The normalized spacial score (nSPS) is 18.4. The first-order valence-corrected chi connectivity index (χ1v) is 10.1. The molecule has 1 aliphatic carbocycles. The molecule has 4 rings (SSSR count). The van der Waals surface area contributed by atoms with E-state index in [2.05, 4.69) is 25.1 Å². The average molecular weight is 359 g/mol. The number of carbonyl (C=O) groups is 1. The van der Waals surface area contributed by atoms with Gasteiger partial charge in [-0.3, -0.25) is 9.69 Å². The van der Waals surface area contributed by atoms with E-state index in [1.807, 2.05) is 18.3 Å². The molecule has 7 heteroatoms. The summed E-state index contributed by atoms with van der Waals surface area (Å²) in [6.07, 6.45) is 6.37. The molecule has 0 saturated carbocycles. The molecule has 1 amide bonds. The van der Waals surface area contributed by atoms with Crippen molar-refractivity contribution >= 4 is 33.3 Å². The number of carbonyl (C=O) groups excluding carboxylic acids is 1. The van der Waals surface area contributed by atoms with Crippen LogP contribution in [-0.4, -0.2) is 60.0 Å². The minimum atomic E-state index is 0.121. The van der Waals surface area contributed by atoms with Crippen molar-refractivity contribution in [3.63, 3.8) is 0 Å². The molecular weight excluding hydrogens is 334 g/mol. The fraction of sp³-hybridized carbons (Fsp3) is 0.611. The third-order valence-corrected chi connectivity index (χ3v) is 6.31. The number of aromatic nitrogens is 2. The minimum absolute atomic E-state index is 0.121. The van der Waals surface area contributed by atoms with E-state index >= 15 is 0 Å². The van der Waals surface area contributed by atoms with Gasteiger partial charge in [-0.2, -0.15) is 0 Å². The number of fused-ring (bicyclic) bond motifs is 3. The number of nitrogens with one attached hydrogen (secondary N) is 1. The van der Waals surface area contributed by atoms with Gasteiger partial charge in [0.1, 0.15) is 17.0 Å². The first-order valence-electron chi connectivity index (χ1n) is 9.25. The lowest BCUT2D eigenvalue weighted by Crippen LogP contribution is -2.39. The van der Waals surface area contributed by atoms with E-state index in [1.165, 1.54) is 28.7 Å². The van der Waals surface area contributed by atoms with Crippen LogP contribution in [-0.2, 0) is 17.6 Å². The number of rotatable bonds is 4. The van der Waals surface area contributed by atoms with E-state index in [9.17, 15) is 4.79 Å². The largest absolute Gasteiger partial charge is 0.355 e. The van der Waals surface area contributed by atoms with E-state index in [0.717, 1.165) is 49.7 Å². The average Bonchev–Trinajstić information content (AvgIpc) is 3.10. The van der Waals surface area contributed by atoms with Crippen LogP contribution in [0, 0.1) is 0 Å². The van der Waals surface area contributed by atoms with Crippen LogP contribution in [0.1, 0.15) is 30.2 Å². The maximum atomic E-state index is 11.9. The van der Waals surface area contributed by atoms with Gasteiger partial charge in [0.15, 0.2) is 0 Å². The second-order valence-corrected chi connectivity index (χ2v) is 7.89. The minimum Gasteiger partial charge on any atom is -0.355 e. The Hall–Kier alpha value is -1.73. The predicted molar refractivity (Wildman–Crippen MR) is 101 cm³/mol. The molecule has 134 valence electrons. The van der Waals surface area contributed by atoms with Crippen LogP contribution in [0.3, 0.4) is 0 Å². The second kappa shape index (κ2) is 7.25. The SMILES string of the molecule is CCNC(=O)CN1CCCN(c2ncnc3sc4c(c23)CCC4)CC1. The topological polar surface area (TPSA) is 61.4 Å². The van der Waals surface area contributed by atoms with E-state index < -0.39 is 0 Å². The summed E-state index contributed by atoms with van der Waals surface area (Å²) in [4.78, 5) is 28.3. The molecule has 1 saturated heterocycles. The summed E-state index contributed by atoms with van der Waals surface area (Å²) < 4.78 is 0. The lowest BCUT2D eigenvalue weighted by Gasteiger charge is -2.23. The first kappa shape index (κ1) is 16.7. The second-order valence-electron chi connectivity index (χ2n) is 6.81. The highest BCUT2D eigenvalue weighted by Gasteiger charge is 2.25. The van der Waals surface area contributed by atoms with E-state index in [-0.39, 0.29) is 5.91 Å². The van der Waals surface area contributed by atoms with E-state index in [0.29, 0.717) is 13.1 Å². The number of thiophene rings is 1. The van der Waals surface area contributed by atoms with Crippen molar-refractivity contribution in [3.8, 4) is 0 Å². The van der Waals surface area contributed by atoms with Gasteiger partial charge in [-0.1, -0.05) is 0 Å². The smallest absolute Gasteiger partial charge is 0.234 e. The van der Waals surface area contributed by atoms with Gasteiger partial charge < -0.3 is 10.2 Å². The zero-order valence-corrected chi connectivity index (χ0v) is 15.6. The van der Waals surface area contributed by atoms with Crippen LogP contribution in [0.15, 0.2) is 6.33 Å². The Morgan fingerprint density at radius 3 is 3.00 bits per heavy atom. The first-order chi connectivity index (χ1) is 12.3. The molecule has 25 heavy (non-hydrogen) atoms. The fourth-order valence-corrected chi connectivity index (χ4v) is 5.17. The molecule has 1 fully saturated rings. The summed E-state index contributed by atoms with van der Waals surface area (Å²) in [5.41, 5.74) is 1.49. The highest BCUT2D eigenvalue weighted by molar-refractivity contribution is 7.19. The number of amides is 1. The highest BCUT2D eigenvalue weighted by atomic mass is 32.1. The number of nitrogens with zero attached hydrogens (tertiary/aromatic N) is 4. The van der Waals surface area contributed by atoms with Gasteiger partial charge in [-0.15, -0.1) is 11.3 Å². The van der Waals surface area contributed by atoms with Crippen LogP contribution in [0.2, 0.25) is 0 Å². The lowest BCUT2D eigenvalue weighted by atomic mass is 10.2. The molecule has 0 atom stereocenters. The molecule has 2 aliphatic rings. The van der Waals surface area contributed by atoms with Gasteiger partial charge in [0.25, 0.3) is 0 Å². The summed E-state index contributed by atoms with van der Waals surface area (Å²) >= 11 is 1.84. The Morgan fingerprint density at radius 1 is 1.20 bits per heavy atom. The Bertz CT molecular complexity index is 774. The summed E-state index contributed by atoms with van der Waals surface area (Å²) in [6.45, 7) is 6.91. The van der Waals surface area contributed by atoms with Crippen molar-refractivity contribution in [2.24, 2.45) is 0 Å². The third kappa shape index (κ3) is 3.35. The predicted octanol–water partition coefficient (Wildman–Crippen LogP) is 1.83. The monoisotopic (exact) mass is 359 g/mol. The molecule has 6 nitrogen and oxygen atoms in total. The number of anilines is 1. The van der Waals surface area contributed by atoms with E-state index in [1.54, 1.807) is 6.33 Å². The zero-order chi connectivity index (χ0) is 17.2. The van der Waals surface area contributed by atoms with Gasteiger partial charge in [-0.05, 0) is 38.2 Å². The molecule has 0 aromatic carbocycles. The molecule has 1 N–H and O–H groups in total. The number of aryl methyl sites for hydroxylation is 2. The molecule has 0 radical (unpaired) electrons. The molecule has 3 heterocycles. The molecular formula is C18H25N5OS. The molecule has 0 unspecified atom stereocenters. The van der Waals surface area contributed by atoms with Crippen LogP contribution in [0.4, 0.5) is 5.82 Å². The van der Waals surface area contributed by atoms with Gasteiger partial charge in [0.2, 0.25) is 5.91 Å². The quantitative estimate of drug-likeness (QED) is 0.902. The van der Waals surface area contributed by atoms with Crippen LogP contribution in [0.25, 0.3) is 10.2 Å². The van der Waals surface area contributed by atoms with Crippen molar-refractivity contribution < 1.29 is 4.79 Å². The van der Waals surface area contributed by atoms with Gasteiger partial charge in [0, 0.05) is 37.6 Å². The summed E-state index contributed by atoms with van der Waals surface area (Å²) in [5.74, 6) is 1.22. The van der Waals surface area contributed by atoms with Crippen LogP contribution in [0.5, 0.6) is 0 Å². The third-order valence-electron chi connectivity index (χ3n) is 5.11. The van der Waals surface area contributed by atoms with Crippen molar-refractivity contribution in [1.82, 2.24) is 20.2 Å². The maximum absolute atomic E-state index is 11.9. The standard InChI is InChI=1S/C18H25N5OS/c1-2-19-15(24)11-22-7-4-8-23(10-9-22)17-16-13-5-3-6-14(13)25-18(16)21-12-20-17/h12H,2-11H2,1H3,(H,19,24). The Balaban J connectivity index is 1.53. The highest BCUT2D eigenvalue weighted by Crippen LogP contribution is 2.40. The molecule has 2 aromatic heterocycles. The summed E-state index contributed by atoms with van der Waals surface area (Å²) in [5, 5.41) is 4.18. The Kier molecular flexibility index (Phi) is 4.85. The summed E-state index contributed by atoms with van der Waals surface area (Å²) in [6, 6.07) is 0. The van der Waals surface area contributed by atoms with E-state index in [4.69, 9.17) is 0 Å². The number of hydrogen-bond donors (Lipinski definition) is 1. The number of likely N-dealkylation sites (N-methyl/N-ethyl adjacent to an activating group) is 1. The zero-order valence-electron chi connectivity index (χ0n) is 14.8. The Labute approximate surface area is 152 Å². The van der Waals surface area contributed by atoms with Crippen molar-refractivity contribution in [2.75, 3.05) is 44.2 Å². The molecule has 0 spiro atoms. The summed E-state index contributed by atoms with van der Waals surface area (Å²) in [7, 11) is 0. The van der Waals surface area contributed by atoms with Crippen LogP contribution >= 0.6 is 11.3 Å². The Morgan fingerprint density at radius 2 is 2.12 bits per heavy atom. The van der Waals surface area contributed by atoms with Crippen molar-refractivity contribution in [2.45, 2.75) is 32.6 Å². The fourth-order valence-electron chi connectivity index (χ4n) is 3.95. The number of hydrogen-bond acceptors (Lipinski definition) is 6. The molecule has 2 aromatic rings.